The lowest BCUT2D eigenvalue weighted by Crippen LogP contribution is -2.16. The maximum Gasteiger partial charge on any atom is 0.159 e. The molecule has 0 saturated carbocycles. The molecule has 4 aromatic carbocycles. The molecule has 2 aliphatic rings. The topological polar surface area (TPSA) is 24.7 Å². The number of nitrogens with zero attached hydrogens (tertiary/aromatic N) is 2. The number of halogens is 1. The Hall–Kier alpha value is -4.08. The summed E-state index contributed by atoms with van der Waals surface area (Å²) in [5, 5.41) is 2.31. The lowest BCUT2D eigenvalue weighted by Gasteiger charge is -2.22. The molecule has 0 amide bonds. The number of allylic oxidation sites excluding steroid dienone is 4. The maximum atomic E-state index is 5.15. The van der Waals surface area contributed by atoms with Crippen molar-refractivity contribution in [3.05, 3.63) is 154 Å². The van der Waals surface area contributed by atoms with Gasteiger partial charge in [0.15, 0.2) is 5.84 Å². The Morgan fingerprint density at radius 1 is 0.850 bits per heavy atom. The smallest absolute Gasteiger partial charge is 0.159 e. The molecule has 3 heteroatoms. The Morgan fingerprint density at radius 2 is 1.60 bits per heavy atom. The van der Waals surface area contributed by atoms with Crippen LogP contribution in [0, 0.1) is 0 Å². The summed E-state index contributed by atoms with van der Waals surface area (Å²) in [6, 6.07) is 31.5. The van der Waals surface area contributed by atoms with Crippen LogP contribution in [0.25, 0.3) is 22.0 Å². The van der Waals surface area contributed by atoms with Gasteiger partial charge < -0.3 is 0 Å². The maximum absolute atomic E-state index is 5.15. The van der Waals surface area contributed by atoms with Crippen LogP contribution in [0.1, 0.15) is 49.4 Å². The highest BCUT2D eigenvalue weighted by molar-refractivity contribution is 9.10. The van der Waals surface area contributed by atoms with Crippen molar-refractivity contribution in [2.24, 2.45) is 9.98 Å². The average Bonchev–Trinajstić information content (AvgIpc) is 3.10. The average molecular weight is 584 g/mol. The van der Waals surface area contributed by atoms with E-state index in [9.17, 15) is 0 Å². The minimum absolute atomic E-state index is 0.148. The summed E-state index contributed by atoms with van der Waals surface area (Å²) in [6.45, 7) is 11.1. The summed E-state index contributed by atoms with van der Waals surface area (Å²) in [6.07, 6.45) is 7.68. The lowest BCUT2D eigenvalue weighted by atomic mass is 9.81. The van der Waals surface area contributed by atoms with Crippen LogP contribution in [0.5, 0.6) is 0 Å². The molecule has 2 aliphatic carbocycles. The molecule has 0 N–H and O–H groups in total. The van der Waals surface area contributed by atoms with Crippen molar-refractivity contribution < 1.29 is 0 Å². The van der Waals surface area contributed by atoms with Gasteiger partial charge in [0.25, 0.3) is 0 Å². The molecule has 0 aliphatic heterocycles. The van der Waals surface area contributed by atoms with Crippen molar-refractivity contribution >= 4 is 49.5 Å². The summed E-state index contributed by atoms with van der Waals surface area (Å²) < 4.78 is 1.10. The minimum atomic E-state index is -0.148. The van der Waals surface area contributed by atoms with Gasteiger partial charge in [-0.05, 0) is 70.2 Å². The zero-order valence-electron chi connectivity index (χ0n) is 23.1. The molecule has 0 aromatic heterocycles. The van der Waals surface area contributed by atoms with Gasteiger partial charge in [0.05, 0.1) is 5.70 Å². The number of hydrogen-bond acceptors (Lipinski definition) is 1. The van der Waals surface area contributed by atoms with Crippen LogP contribution in [0.2, 0.25) is 0 Å². The number of fused-ring (bicyclic) bond motifs is 4. The van der Waals surface area contributed by atoms with Crippen molar-refractivity contribution in [1.29, 1.82) is 0 Å². The van der Waals surface area contributed by atoms with Gasteiger partial charge >= 0.3 is 0 Å². The molecule has 2 nitrogen and oxygen atoms in total. The van der Waals surface area contributed by atoms with Crippen molar-refractivity contribution in [3.63, 3.8) is 0 Å². The SMILES string of the molecule is C=C(/N=C(\N=C(/C)c1ccccc1)C1=CCC=C2C(=C1)C(C)(C)c1cc(Br)ccc12)c1cccc2ccccc12. The summed E-state index contributed by atoms with van der Waals surface area (Å²) in [5.74, 6) is 0.675. The second-order valence-corrected chi connectivity index (χ2v) is 11.8. The van der Waals surface area contributed by atoms with Crippen molar-refractivity contribution in [2.45, 2.75) is 32.6 Å². The Bertz CT molecular complexity index is 1810. The highest BCUT2D eigenvalue weighted by Gasteiger charge is 2.38. The van der Waals surface area contributed by atoms with Gasteiger partial charge in [-0.2, -0.15) is 0 Å². The summed E-state index contributed by atoms with van der Waals surface area (Å²) in [4.78, 5) is 10.3. The summed E-state index contributed by atoms with van der Waals surface area (Å²) in [5.41, 5.74) is 9.80. The molecule has 0 spiro atoms. The van der Waals surface area contributed by atoms with Crippen LogP contribution < -0.4 is 0 Å². The molecular weight excluding hydrogens is 552 g/mol. The standard InChI is InChI=1S/C37H31BrN2/c1-24(26-12-6-5-7-13-26)39-36(40-25(2)30-18-10-15-27-14-8-9-17-31(27)30)28-16-11-19-32-33-21-20-29(38)23-35(33)37(3,4)34(32)22-28/h5-10,12-23H,2,11H2,1,3-4H3/b39-24+,40-36-. The van der Waals surface area contributed by atoms with Gasteiger partial charge in [-0.1, -0.05) is 127 Å². The second-order valence-electron chi connectivity index (χ2n) is 10.9. The van der Waals surface area contributed by atoms with Crippen LogP contribution >= 0.6 is 15.9 Å². The van der Waals surface area contributed by atoms with E-state index < -0.39 is 0 Å². The van der Waals surface area contributed by atoms with Crippen molar-refractivity contribution in [3.8, 4) is 0 Å². The van der Waals surface area contributed by atoms with E-state index in [4.69, 9.17) is 9.98 Å². The normalized spacial score (nSPS) is 16.4. The van der Waals surface area contributed by atoms with Crippen LogP contribution in [-0.2, 0) is 5.41 Å². The fraction of sp³-hybridized carbons (Fsp3) is 0.135. The molecule has 0 unspecified atom stereocenters. The van der Waals surface area contributed by atoms with Gasteiger partial charge in [-0.25, -0.2) is 9.98 Å². The number of hydrogen-bond donors (Lipinski definition) is 0. The first-order valence-electron chi connectivity index (χ1n) is 13.6. The summed E-state index contributed by atoms with van der Waals surface area (Å²) >= 11 is 3.69. The van der Waals surface area contributed by atoms with Gasteiger partial charge in [-0.15, -0.1) is 0 Å². The number of aliphatic imine (C=N–C) groups is 2. The van der Waals surface area contributed by atoms with E-state index in [-0.39, 0.29) is 5.41 Å². The van der Waals surface area contributed by atoms with Gasteiger partial charge in [0, 0.05) is 26.7 Å². The van der Waals surface area contributed by atoms with E-state index in [1.807, 2.05) is 25.1 Å². The quantitative estimate of drug-likeness (QED) is 0.169. The van der Waals surface area contributed by atoms with Crippen LogP contribution in [0.3, 0.4) is 0 Å². The highest BCUT2D eigenvalue weighted by Crippen LogP contribution is 2.51. The van der Waals surface area contributed by atoms with Gasteiger partial charge in [-0.3, -0.25) is 0 Å². The number of benzene rings is 4. The zero-order chi connectivity index (χ0) is 27.9. The fourth-order valence-electron chi connectivity index (χ4n) is 5.77. The van der Waals surface area contributed by atoms with Crippen LogP contribution in [0.4, 0.5) is 0 Å². The van der Waals surface area contributed by atoms with E-state index in [1.54, 1.807) is 0 Å². The molecule has 0 bridgehead atoms. The number of amidine groups is 1. The predicted molar refractivity (Wildman–Crippen MR) is 175 cm³/mol. The third-order valence-corrected chi connectivity index (χ3v) is 8.43. The Kier molecular flexibility index (Phi) is 6.85. The van der Waals surface area contributed by atoms with Gasteiger partial charge in [0.1, 0.15) is 0 Å². The first-order chi connectivity index (χ1) is 19.3. The molecule has 40 heavy (non-hydrogen) atoms. The van der Waals surface area contributed by atoms with E-state index in [0.717, 1.165) is 38.7 Å². The molecule has 0 atom stereocenters. The highest BCUT2D eigenvalue weighted by atomic mass is 79.9. The van der Waals surface area contributed by atoms with Crippen LogP contribution in [0.15, 0.2) is 141 Å². The Balaban J connectivity index is 1.49. The molecule has 0 radical (unpaired) electrons. The van der Waals surface area contributed by atoms with E-state index in [0.29, 0.717) is 11.5 Å². The first-order valence-corrected chi connectivity index (χ1v) is 14.4. The Labute approximate surface area is 245 Å². The molecule has 0 saturated heterocycles. The molecule has 6 rings (SSSR count). The molecule has 0 heterocycles. The largest absolute Gasteiger partial charge is 0.233 e. The number of rotatable bonds is 4. The lowest BCUT2D eigenvalue weighted by molar-refractivity contribution is 0.660. The fourth-order valence-corrected chi connectivity index (χ4v) is 6.13. The summed E-state index contributed by atoms with van der Waals surface area (Å²) in [7, 11) is 0. The van der Waals surface area contributed by atoms with Crippen molar-refractivity contribution in [1.82, 2.24) is 0 Å². The zero-order valence-corrected chi connectivity index (χ0v) is 24.7. The van der Waals surface area contributed by atoms with E-state index in [2.05, 4.69) is 127 Å². The third-order valence-electron chi connectivity index (χ3n) is 7.93. The van der Waals surface area contributed by atoms with E-state index >= 15 is 0 Å². The molecular formula is C37H31BrN2. The monoisotopic (exact) mass is 582 g/mol. The minimum Gasteiger partial charge on any atom is -0.233 e. The molecule has 0 fully saturated rings. The van der Waals surface area contributed by atoms with Crippen molar-refractivity contribution in [2.75, 3.05) is 0 Å². The second kappa shape index (κ2) is 10.5. The molecule has 4 aromatic rings. The first kappa shape index (κ1) is 26.2. The predicted octanol–water partition coefficient (Wildman–Crippen LogP) is 10.1. The van der Waals surface area contributed by atoms with Gasteiger partial charge in [0.2, 0.25) is 0 Å². The van der Waals surface area contributed by atoms with E-state index in [1.165, 1.54) is 27.7 Å². The Morgan fingerprint density at radius 3 is 2.42 bits per heavy atom. The van der Waals surface area contributed by atoms with Crippen LogP contribution in [-0.4, -0.2) is 11.5 Å². The molecule has 196 valence electrons. The third kappa shape index (κ3) is 4.76.